The molecule has 10 heteroatoms. The minimum absolute atomic E-state index is 0.0746. The fraction of sp³-hybridized carbons (Fsp3) is 0.185. The number of sulfonamides is 1. The molecule has 190 valence electrons. The summed E-state index contributed by atoms with van der Waals surface area (Å²) < 4.78 is 45.2. The molecule has 0 saturated carbocycles. The molecule has 2 heterocycles. The quantitative estimate of drug-likeness (QED) is 0.362. The Bertz CT molecular complexity index is 1560. The van der Waals surface area contributed by atoms with Crippen molar-refractivity contribution in [1.29, 1.82) is 0 Å². The number of carboxylic acid groups (broad SMARTS) is 1. The largest absolute Gasteiger partial charge is 0.493 e. The van der Waals surface area contributed by atoms with E-state index in [0.717, 1.165) is 9.87 Å². The maximum atomic E-state index is 13.6. The van der Waals surface area contributed by atoms with Crippen LogP contribution in [0.25, 0.3) is 11.5 Å². The molecule has 1 aromatic heterocycles. The molecule has 0 aliphatic carbocycles. The molecule has 1 atom stereocenters. The summed E-state index contributed by atoms with van der Waals surface area (Å²) in [5.41, 5.74) is 2.44. The first-order chi connectivity index (χ1) is 17.8. The van der Waals surface area contributed by atoms with Crippen LogP contribution in [0, 0.1) is 6.92 Å². The number of hydrogen-bond donors (Lipinski definition) is 1. The van der Waals surface area contributed by atoms with Crippen molar-refractivity contribution in [3.05, 3.63) is 89.8 Å². The normalized spacial score (nSPS) is 14.9. The maximum Gasteiger partial charge on any atom is 0.327 e. The van der Waals surface area contributed by atoms with E-state index in [1.807, 2.05) is 30.3 Å². The van der Waals surface area contributed by atoms with Crippen molar-refractivity contribution in [2.24, 2.45) is 0 Å². The molecule has 9 nitrogen and oxygen atoms in total. The second-order valence-electron chi connectivity index (χ2n) is 8.48. The lowest BCUT2D eigenvalue weighted by atomic mass is 10.1. The zero-order chi connectivity index (χ0) is 26.2. The summed E-state index contributed by atoms with van der Waals surface area (Å²) in [6.45, 7) is 1.86. The molecule has 1 aliphatic rings. The summed E-state index contributed by atoms with van der Waals surface area (Å²) in [6.07, 6.45) is 0.0884. The van der Waals surface area contributed by atoms with E-state index in [9.17, 15) is 18.3 Å². The fourth-order valence-corrected chi connectivity index (χ4v) is 5.96. The zero-order valence-electron chi connectivity index (χ0n) is 20.1. The van der Waals surface area contributed by atoms with Crippen molar-refractivity contribution in [2.75, 3.05) is 11.4 Å². The average molecular weight is 521 g/mol. The van der Waals surface area contributed by atoms with Gasteiger partial charge in [0.2, 0.25) is 5.89 Å². The van der Waals surface area contributed by atoms with Crippen LogP contribution in [0.4, 0.5) is 5.69 Å². The first-order valence-electron chi connectivity index (χ1n) is 11.5. The van der Waals surface area contributed by atoms with E-state index in [1.165, 1.54) is 25.3 Å². The predicted octanol–water partition coefficient (Wildman–Crippen LogP) is 4.44. The monoisotopic (exact) mass is 520 g/mol. The minimum Gasteiger partial charge on any atom is -0.493 e. The molecule has 0 spiro atoms. The molecule has 0 radical (unpaired) electrons. The van der Waals surface area contributed by atoms with Gasteiger partial charge in [0.1, 0.15) is 24.1 Å². The van der Waals surface area contributed by atoms with Crippen LogP contribution in [0.15, 0.2) is 82.1 Å². The number of hydrogen-bond acceptors (Lipinski definition) is 7. The number of aliphatic carboxylic acids is 1. The van der Waals surface area contributed by atoms with Gasteiger partial charge in [-0.05, 0) is 42.8 Å². The number of aromatic nitrogens is 1. The van der Waals surface area contributed by atoms with Gasteiger partial charge in [-0.25, -0.2) is 18.2 Å². The molecular formula is C27H24N2O7S. The summed E-state index contributed by atoms with van der Waals surface area (Å²) in [7, 11) is -2.81. The maximum absolute atomic E-state index is 13.6. The van der Waals surface area contributed by atoms with Gasteiger partial charge in [-0.1, -0.05) is 36.4 Å². The Labute approximate surface area is 214 Å². The van der Waals surface area contributed by atoms with Crippen LogP contribution in [0.5, 0.6) is 11.5 Å². The number of benzene rings is 3. The van der Waals surface area contributed by atoms with Gasteiger partial charge in [0.05, 0.1) is 17.7 Å². The highest BCUT2D eigenvalue weighted by molar-refractivity contribution is 7.93. The molecule has 0 saturated heterocycles. The smallest absolute Gasteiger partial charge is 0.327 e. The first-order valence-corrected chi connectivity index (χ1v) is 12.9. The number of carboxylic acids is 1. The van der Waals surface area contributed by atoms with Gasteiger partial charge in [-0.2, -0.15) is 0 Å². The molecule has 0 fully saturated rings. The molecule has 5 rings (SSSR count). The lowest BCUT2D eigenvalue weighted by molar-refractivity contribution is -0.138. The van der Waals surface area contributed by atoms with Crippen LogP contribution < -0.4 is 13.8 Å². The summed E-state index contributed by atoms with van der Waals surface area (Å²) in [5, 5.41) is 9.72. The van der Waals surface area contributed by atoms with E-state index in [-0.39, 0.29) is 23.7 Å². The van der Waals surface area contributed by atoms with Gasteiger partial charge in [-0.3, -0.25) is 4.31 Å². The number of methoxy groups -OCH3 is 1. The lowest BCUT2D eigenvalue weighted by Gasteiger charge is -2.24. The van der Waals surface area contributed by atoms with Crippen molar-refractivity contribution in [3.8, 4) is 23.0 Å². The van der Waals surface area contributed by atoms with Crippen molar-refractivity contribution in [3.63, 3.8) is 0 Å². The van der Waals surface area contributed by atoms with Crippen molar-refractivity contribution >= 4 is 21.7 Å². The van der Waals surface area contributed by atoms with Gasteiger partial charge in [0.25, 0.3) is 10.0 Å². The Hall–Kier alpha value is -4.31. The van der Waals surface area contributed by atoms with Crippen molar-refractivity contribution in [1.82, 2.24) is 4.98 Å². The van der Waals surface area contributed by atoms with Crippen LogP contribution in [0.1, 0.15) is 17.0 Å². The molecule has 0 unspecified atom stereocenters. The Morgan fingerprint density at radius 3 is 2.54 bits per heavy atom. The topological polar surface area (TPSA) is 119 Å². The third-order valence-corrected chi connectivity index (χ3v) is 8.00. The van der Waals surface area contributed by atoms with Crippen LogP contribution in [0.3, 0.4) is 0 Å². The molecular weight excluding hydrogens is 496 g/mol. The molecule has 37 heavy (non-hydrogen) atoms. The Balaban J connectivity index is 1.41. The number of rotatable bonds is 8. The van der Waals surface area contributed by atoms with E-state index in [1.54, 1.807) is 31.2 Å². The number of anilines is 1. The van der Waals surface area contributed by atoms with Crippen LogP contribution in [-0.2, 0) is 27.8 Å². The summed E-state index contributed by atoms with van der Waals surface area (Å²) in [4.78, 5) is 16.3. The molecule has 0 amide bonds. The highest BCUT2D eigenvalue weighted by Gasteiger charge is 2.42. The van der Waals surface area contributed by atoms with Crippen LogP contribution in [0.2, 0.25) is 0 Å². The number of ether oxygens (including phenoxy) is 2. The number of oxazole rings is 1. The number of carbonyl (C=O) groups is 1. The highest BCUT2D eigenvalue weighted by atomic mass is 32.2. The molecule has 1 N–H and O–H groups in total. The van der Waals surface area contributed by atoms with Crippen LogP contribution >= 0.6 is 0 Å². The predicted molar refractivity (Wildman–Crippen MR) is 135 cm³/mol. The third kappa shape index (κ3) is 4.51. The van der Waals surface area contributed by atoms with Crippen molar-refractivity contribution < 1.29 is 32.2 Å². The highest BCUT2D eigenvalue weighted by Crippen LogP contribution is 2.39. The summed E-state index contributed by atoms with van der Waals surface area (Å²) in [5.74, 6) is 0.351. The van der Waals surface area contributed by atoms with Gasteiger partial charge >= 0.3 is 5.97 Å². The van der Waals surface area contributed by atoms with E-state index < -0.39 is 22.0 Å². The number of aryl methyl sites for hydroxylation is 1. The Kier molecular flexibility index (Phi) is 6.34. The van der Waals surface area contributed by atoms with E-state index in [2.05, 4.69) is 4.98 Å². The first kappa shape index (κ1) is 24.4. The fourth-order valence-electron chi connectivity index (χ4n) is 4.30. The number of fused-ring (bicyclic) bond motifs is 1. The average Bonchev–Trinajstić information content (AvgIpc) is 3.49. The second-order valence-corrected chi connectivity index (χ2v) is 10.3. The summed E-state index contributed by atoms with van der Waals surface area (Å²) >= 11 is 0. The molecule has 1 aliphatic heterocycles. The SMILES string of the molecule is COc1cc(S(=O)(=O)N2c3ccccc3C[C@@H]2C(=O)O)ccc1OCc1nc(-c2ccccc2)oc1C. The molecule has 0 bridgehead atoms. The van der Waals surface area contributed by atoms with E-state index >= 15 is 0 Å². The van der Waals surface area contributed by atoms with Gasteiger partial charge in [0, 0.05) is 18.1 Å². The Morgan fingerprint density at radius 2 is 1.81 bits per heavy atom. The second kappa shape index (κ2) is 9.62. The Morgan fingerprint density at radius 1 is 1.08 bits per heavy atom. The lowest BCUT2D eigenvalue weighted by Crippen LogP contribution is -2.42. The van der Waals surface area contributed by atoms with Crippen LogP contribution in [-0.4, -0.2) is 37.6 Å². The van der Waals surface area contributed by atoms with Gasteiger partial charge in [-0.15, -0.1) is 0 Å². The standard InChI is InChI=1S/C27H24N2O7S/c1-17-21(28-26(36-17)18-8-4-3-5-9-18)16-35-24-13-12-20(15-25(24)34-2)37(32,33)29-22-11-7-6-10-19(22)14-23(29)27(30)31/h3-13,15,23H,14,16H2,1-2H3,(H,30,31)/t23-/m1/s1. The number of nitrogens with zero attached hydrogens (tertiary/aromatic N) is 2. The summed E-state index contributed by atoms with van der Waals surface area (Å²) in [6, 6.07) is 19.2. The molecule has 3 aromatic carbocycles. The zero-order valence-corrected chi connectivity index (χ0v) is 20.9. The number of para-hydroxylation sites is 1. The van der Waals surface area contributed by atoms with Crippen molar-refractivity contribution in [2.45, 2.75) is 30.9 Å². The van der Waals surface area contributed by atoms with Gasteiger partial charge < -0.3 is 19.0 Å². The van der Waals surface area contributed by atoms with Gasteiger partial charge in [0.15, 0.2) is 11.5 Å². The van der Waals surface area contributed by atoms with E-state index in [4.69, 9.17) is 13.9 Å². The third-order valence-electron chi connectivity index (χ3n) is 6.18. The minimum atomic E-state index is -4.21. The van der Waals surface area contributed by atoms with E-state index in [0.29, 0.717) is 34.3 Å². The molecule has 4 aromatic rings.